The van der Waals surface area contributed by atoms with Gasteiger partial charge in [-0.3, -0.25) is 4.79 Å². The van der Waals surface area contributed by atoms with Gasteiger partial charge in [-0.05, 0) is 24.1 Å². The molecule has 2 aromatic carbocycles. The second-order valence-corrected chi connectivity index (χ2v) is 5.72. The maximum atomic E-state index is 12.1. The number of nitrogens with one attached hydrogen (secondary N) is 1. The molecule has 0 unspecified atom stereocenters. The van der Waals surface area contributed by atoms with E-state index in [0.717, 1.165) is 11.1 Å². The van der Waals surface area contributed by atoms with Crippen LogP contribution in [-0.2, 0) is 25.5 Å². The Bertz CT molecular complexity index is 773. The molecule has 0 fully saturated rings. The first kappa shape index (κ1) is 19.2. The van der Waals surface area contributed by atoms with Gasteiger partial charge < -0.3 is 14.8 Å². The average molecular weight is 355 g/mol. The molecule has 0 saturated carbocycles. The van der Waals surface area contributed by atoms with E-state index < -0.39 is 30.5 Å². The number of carbonyl (C=O) groups is 3. The van der Waals surface area contributed by atoms with Crippen molar-refractivity contribution in [1.82, 2.24) is 5.32 Å². The van der Waals surface area contributed by atoms with Crippen LogP contribution in [0.4, 0.5) is 0 Å². The molecule has 0 aliphatic carbocycles. The molecule has 1 N–H and O–H groups in total. The summed E-state index contributed by atoms with van der Waals surface area (Å²) in [5.41, 5.74) is 2.03. The number of ether oxygens (including phenoxy) is 2. The molecule has 2 rings (SSSR count). The summed E-state index contributed by atoms with van der Waals surface area (Å²) in [4.78, 5) is 36.0. The fourth-order valence-electron chi connectivity index (χ4n) is 2.43. The van der Waals surface area contributed by atoms with Crippen molar-refractivity contribution in [3.05, 3.63) is 71.3 Å². The molecular formula is C20H21NO5. The molecule has 0 bridgehead atoms. The van der Waals surface area contributed by atoms with Crippen molar-refractivity contribution in [3.63, 3.8) is 0 Å². The minimum absolute atomic E-state index is 0.283. The molecule has 0 radical (unpaired) electrons. The standard InChI is InChI=1S/C20H21NO5/c1-14-8-6-7-11-16(14)19(23)26-13-18(22)21-17(20(24)25-2)12-15-9-4-3-5-10-15/h3-11,17H,12-13H2,1-2H3,(H,21,22)/t17-/m0/s1. The van der Waals surface area contributed by atoms with E-state index in [1.165, 1.54) is 7.11 Å². The highest BCUT2D eigenvalue weighted by Crippen LogP contribution is 2.09. The van der Waals surface area contributed by atoms with Crippen LogP contribution in [0.1, 0.15) is 21.5 Å². The number of carbonyl (C=O) groups excluding carboxylic acids is 3. The van der Waals surface area contributed by atoms with Crippen molar-refractivity contribution < 1.29 is 23.9 Å². The fourth-order valence-corrected chi connectivity index (χ4v) is 2.43. The van der Waals surface area contributed by atoms with E-state index in [9.17, 15) is 14.4 Å². The third-order valence-electron chi connectivity index (χ3n) is 3.80. The van der Waals surface area contributed by atoms with Crippen LogP contribution in [0.15, 0.2) is 54.6 Å². The van der Waals surface area contributed by atoms with Crippen LogP contribution in [0.25, 0.3) is 0 Å². The van der Waals surface area contributed by atoms with Gasteiger partial charge in [0.05, 0.1) is 12.7 Å². The minimum atomic E-state index is -0.855. The van der Waals surface area contributed by atoms with Gasteiger partial charge in [0.15, 0.2) is 6.61 Å². The van der Waals surface area contributed by atoms with Crippen LogP contribution in [0.2, 0.25) is 0 Å². The lowest BCUT2D eigenvalue weighted by molar-refractivity contribution is -0.145. The molecular weight excluding hydrogens is 334 g/mol. The second-order valence-electron chi connectivity index (χ2n) is 5.72. The van der Waals surface area contributed by atoms with Gasteiger partial charge in [-0.25, -0.2) is 9.59 Å². The van der Waals surface area contributed by atoms with Crippen LogP contribution < -0.4 is 5.32 Å². The Balaban J connectivity index is 1.93. The molecule has 1 amide bonds. The maximum Gasteiger partial charge on any atom is 0.338 e. The first-order valence-electron chi connectivity index (χ1n) is 8.15. The molecule has 0 spiro atoms. The lowest BCUT2D eigenvalue weighted by Crippen LogP contribution is -2.44. The van der Waals surface area contributed by atoms with Crippen LogP contribution >= 0.6 is 0 Å². The Kier molecular flexibility index (Phi) is 6.91. The largest absolute Gasteiger partial charge is 0.467 e. The van der Waals surface area contributed by atoms with Crippen molar-refractivity contribution in [2.75, 3.05) is 13.7 Å². The first-order valence-corrected chi connectivity index (χ1v) is 8.15. The summed E-state index contributed by atoms with van der Waals surface area (Å²) in [6, 6.07) is 15.3. The van der Waals surface area contributed by atoms with Crippen molar-refractivity contribution in [3.8, 4) is 0 Å². The Morgan fingerprint density at radius 2 is 1.65 bits per heavy atom. The quantitative estimate of drug-likeness (QED) is 0.769. The smallest absolute Gasteiger partial charge is 0.338 e. The van der Waals surface area contributed by atoms with Crippen LogP contribution in [0.5, 0.6) is 0 Å². The molecule has 0 aromatic heterocycles. The van der Waals surface area contributed by atoms with E-state index in [1.54, 1.807) is 25.1 Å². The summed E-state index contributed by atoms with van der Waals surface area (Å²) in [7, 11) is 1.25. The fraction of sp³-hybridized carbons (Fsp3) is 0.250. The van der Waals surface area contributed by atoms with E-state index in [0.29, 0.717) is 5.56 Å². The van der Waals surface area contributed by atoms with Gasteiger partial charge >= 0.3 is 11.9 Å². The van der Waals surface area contributed by atoms with E-state index in [-0.39, 0.29) is 6.42 Å². The van der Waals surface area contributed by atoms with Gasteiger partial charge in [0.25, 0.3) is 5.91 Å². The number of amides is 1. The molecule has 6 nitrogen and oxygen atoms in total. The normalized spacial score (nSPS) is 11.3. The molecule has 0 heterocycles. The summed E-state index contributed by atoms with van der Waals surface area (Å²) in [5, 5.41) is 2.55. The molecule has 136 valence electrons. The Labute approximate surface area is 152 Å². The number of aryl methyl sites for hydroxylation is 1. The zero-order valence-electron chi connectivity index (χ0n) is 14.7. The highest BCUT2D eigenvalue weighted by molar-refractivity contribution is 5.93. The highest BCUT2D eigenvalue weighted by Gasteiger charge is 2.22. The molecule has 0 saturated heterocycles. The summed E-state index contributed by atoms with van der Waals surface area (Å²) >= 11 is 0. The third-order valence-corrected chi connectivity index (χ3v) is 3.80. The third kappa shape index (κ3) is 5.44. The predicted molar refractivity (Wildman–Crippen MR) is 95.6 cm³/mol. The minimum Gasteiger partial charge on any atom is -0.467 e. The van der Waals surface area contributed by atoms with Gasteiger partial charge in [0.1, 0.15) is 6.04 Å². The topological polar surface area (TPSA) is 81.7 Å². The Hall–Kier alpha value is -3.15. The zero-order chi connectivity index (χ0) is 18.9. The second kappa shape index (κ2) is 9.36. The number of esters is 2. The SMILES string of the molecule is COC(=O)[C@H](Cc1ccccc1)NC(=O)COC(=O)c1ccccc1C. The summed E-state index contributed by atoms with van der Waals surface area (Å²) in [5.74, 6) is -1.72. The Morgan fingerprint density at radius 1 is 1.00 bits per heavy atom. The summed E-state index contributed by atoms with van der Waals surface area (Å²) in [6.07, 6.45) is 0.283. The number of rotatable bonds is 7. The van der Waals surface area contributed by atoms with Crippen LogP contribution in [0, 0.1) is 6.92 Å². The Morgan fingerprint density at radius 3 is 2.31 bits per heavy atom. The number of hydrogen-bond donors (Lipinski definition) is 1. The van der Waals surface area contributed by atoms with Crippen molar-refractivity contribution in [2.45, 2.75) is 19.4 Å². The number of methoxy groups -OCH3 is 1. The van der Waals surface area contributed by atoms with Gasteiger partial charge in [-0.15, -0.1) is 0 Å². The molecule has 0 aliphatic rings. The van der Waals surface area contributed by atoms with Gasteiger partial charge in [-0.1, -0.05) is 48.5 Å². The predicted octanol–water partition coefficient (Wildman–Crippen LogP) is 2.05. The number of hydrogen-bond acceptors (Lipinski definition) is 5. The van der Waals surface area contributed by atoms with Gasteiger partial charge in [0, 0.05) is 6.42 Å². The summed E-state index contributed by atoms with van der Waals surface area (Å²) in [6.45, 7) is 1.30. The molecule has 0 aliphatic heterocycles. The first-order chi connectivity index (χ1) is 12.5. The lowest BCUT2D eigenvalue weighted by Gasteiger charge is -2.16. The van der Waals surface area contributed by atoms with Gasteiger partial charge in [-0.2, -0.15) is 0 Å². The monoisotopic (exact) mass is 355 g/mol. The van der Waals surface area contributed by atoms with E-state index in [4.69, 9.17) is 9.47 Å². The summed E-state index contributed by atoms with van der Waals surface area (Å²) < 4.78 is 9.77. The maximum absolute atomic E-state index is 12.1. The lowest BCUT2D eigenvalue weighted by atomic mass is 10.1. The molecule has 1 atom stereocenters. The van der Waals surface area contributed by atoms with E-state index in [1.807, 2.05) is 36.4 Å². The van der Waals surface area contributed by atoms with Crippen LogP contribution in [0.3, 0.4) is 0 Å². The van der Waals surface area contributed by atoms with Crippen molar-refractivity contribution in [2.24, 2.45) is 0 Å². The van der Waals surface area contributed by atoms with Crippen molar-refractivity contribution in [1.29, 1.82) is 0 Å². The van der Waals surface area contributed by atoms with Crippen LogP contribution in [-0.4, -0.2) is 37.6 Å². The zero-order valence-corrected chi connectivity index (χ0v) is 14.7. The van der Waals surface area contributed by atoms with Gasteiger partial charge in [0.2, 0.25) is 0 Å². The van der Waals surface area contributed by atoms with Crippen molar-refractivity contribution >= 4 is 17.8 Å². The number of benzene rings is 2. The molecule has 26 heavy (non-hydrogen) atoms. The highest BCUT2D eigenvalue weighted by atomic mass is 16.5. The van der Waals surface area contributed by atoms with E-state index >= 15 is 0 Å². The molecule has 6 heteroatoms. The average Bonchev–Trinajstić information content (AvgIpc) is 2.66. The van der Waals surface area contributed by atoms with E-state index in [2.05, 4.69) is 5.32 Å². The molecule has 2 aromatic rings.